The molecule has 0 atom stereocenters. The van der Waals surface area contributed by atoms with Crippen molar-refractivity contribution in [1.82, 2.24) is 9.38 Å². The second-order valence-corrected chi connectivity index (χ2v) is 6.43. The lowest BCUT2D eigenvalue weighted by Gasteiger charge is -2.08. The highest BCUT2D eigenvalue weighted by molar-refractivity contribution is 6.05. The number of anilines is 1. The van der Waals surface area contributed by atoms with Crippen LogP contribution in [-0.4, -0.2) is 15.3 Å². The molecule has 4 rings (SSSR count). The van der Waals surface area contributed by atoms with Crippen molar-refractivity contribution in [3.05, 3.63) is 89.6 Å². The first-order valence-electron chi connectivity index (χ1n) is 8.54. The van der Waals surface area contributed by atoms with Crippen LogP contribution in [0.5, 0.6) is 0 Å². The molecule has 1 N–H and O–H groups in total. The Morgan fingerprint density at radius 3 is 2.38 bits per heavy atom. The Kier molecular flexibility index (Phi) is 4.01. The molecule has 4 nitrogen and oxygen atoms in total. The van der Waals surface area contributed by atoms with E-state index in [2.05, 4.69) is 5.32 Å². The van der Waals surface area contributed by atoms with Crippen LogP contribution in [0.4, 0.5) is 5.82 Å². The smallest absolute Gasteiger partial charge is 0.256 e. The number of aryl methyl sites for hydroxylation is 2. The number of pyridine rings is 1. The topological polar surface area (TPSA) is 46.4 Å². The summed E-state index contributed by atoms with van der Waals surface area (Å²) in [5.74, 6) is 0.529. The van der Waals surface area contributed by atoms with Gasteiger partial charge in [-0.3, -0.25) is 9.20 Å². The molecule has 0 bridgehead atoms. The van der Waals surface area contributed by atoms with Crippen LogP contribution in [0, 0.1) is 13.8 Å². The quantitative estimate of drug-likeness (QED) is 0.578. The summed E-state index contributed by atoms with van der Waals surface area (Å²) in [7, 11) is 0. The van der Waals surface area contributed by atoms with Gasteiger partial charge in [0.1, 0.15) is 17.2 Å². The number of rotatable bonds is 3. The number of amides is 1. The molecule has 0 spiro atoms. The maximum absolute atomic E-state index is 12.8. The summed E-state index contributed by atoms with van der Waals surface area (Å²) in [6.07, 6.45) is 1.94. The summed E-state index contributed by atoms with van der Waals surface area (Å²) in [6, 6.07) is 21.4. The molecule has 0 radical (unpaired) electrons. The summed E-state index contributed by atoms with van der Waals surface area (Å²) < 4.78 is 1.92. The molecule has 2 heterocycles. The van der Waals surface area contributed by atoms with Gasteiger partial charge in [0.2, 0.25) is 0 Å². The number of nitrogens with one attached hydrogen (secondary N) is 1. The van der Waals surface area contributed by atoms with Gasteiger partial charge in [0.15, 0.2) is 0 Å². The maximum atomic E-state index is 12.8. The molecule has 0 aliphatic heterocycles. The van der Waals surface area contributed by atoms with Gasteiger partial charge in [-0.25, -0.2) is 4.98 Å². The monoisotopic (exact) mass is 341 g/mol. The third kappa shape index (κ3) is 2.97. The van der Waals surface area contributed by atoms with Gasteiger partial charge in [-0.05, 0) is 43.7 Å². The van der Waals surface area contributed by atoms with Crippen LogP contribution in [-0.2, 0) is 0 Å². The lowest BCUT2D eigenvalue weighted by molar-refractivity contribution is 0.102. The zero-order valence-electron chi connectivity index (χ0n) is 14.7. The Morgan fingerprint density at radius 2 is 1.65 bits per heavy atom. The van der Waals surface area contributed by atoms with E-state index in [-0.39, 0.29) is 5.91 Å². The van der Waals surface area contributed by atoms with Crippen molar-refractivity contribution in [2.24, 2.45) is 0 Å². The van der Waals surface area contributed by atoms with Crippen molar-refractivity contribution in [2.75, 3.05) is 5.32 Å². The first-order valence-corrected chi connectivity index (χ1v) is 8.54. The first-order chi connectivity index (χ1) is 12.6. The van der Waals surface area contributed by atoms with Gasteiger partial charge < -0.3 is 5.32 Å². The predicted octanol–water partition coefficient (Wildman–Crippen LogP) is 4.87. The molecule has 128 valence electrons. The van der Waals surface area contributed by atoms with Gasteiger partial charge in [-0.1, -0.05) is 48.0 Å². The Hall–Kier alpha value is -3.40. The van der Waals surface area contributed by atoms with Gasteiger partial charge >= 0.3 is 0 Å². The van der Waals surface area contributed by atoms with Gasteiger partial charge in [-0.2, -0.15) is 0 Å². The minimum Gasteiger partial charge on any atom is -0.306 e. The molecular formula is C22H19N3O. The van der Waals surface area contributed by atoms with Crippen LogP contribution in [0.15, 0.2) is 72.9 Å². The Balaban J connectivity index is 1.82. The number of hydrogen-bond acceptors (Lipinski definition) is 2. The van der Waals surface area contributed by atoms with Crippen LogP contribution < -0.4 is 5.32 Å². The highest BCUT2D eigenvalue weighted by Crippen LogP contribution is 2.29. The van der Waals surface area contributed by atoms with E-state index in [4.69, 9.17) is 4.98 Å². The number of carbonyl (C=O) groups is 1. The van der Waals surface area contributed by atoms with Gasteiger partial charge in [0.05, 0.1) is 0 Å². The summed E-state index contributed by atoms with van der Waals surface area (Å²) in [5.41, 5.74) is 5.40. The normalized spacial score (nSPS) is 10.8. The molecule has 1 amide bonds. The average Bonchev–Trinajstić information content (AvgIpc) is 3.00. The van der Waals surface area contributed by atoms with Gasteiger partial charge in [0, 0.05) is 17.3 Å². The number of aromatic nitrogens is 2. The van der Waals surface area contributed by atoms with Gasteiger partial charge in [-0.15, -0.1) is 0 Å². The molecular weight excluding hydrogens is 322 g/mol. The molecule has 4 aromatic rings. The van der Waals surface area contributed by atoms with Crippen LogP contribution in [0.25, 0.3) is 16.9 Å². The molecule has 0 fully saturated rings. The van der Waals surface area contributed by atoms with E-state index in [0.29, 0.717) is 11.4 Å². The number of carbonyl (C=O) groups excluding carboxylic acids is 1. The Morgan fingerprint density at radius 1 is 0.923 bits per heavy atom. The van der Waals surface area contributed by atoms with E-state index in [1.165, 1.54) is 0 Å². The fourth-order valence-corrected chi connectivity index (χ4v) is 2.95. The number of hydrogen-bond donors (Lipinski definition) is 1. The largest absolute Gasteiger partial charge is 0.306 e. The SMILES string of the molecule is Cc1ccc(C(=O)Nc2c(-c3ccccc3)nc3cc(C)ccn23)cc1. The van der Waals surface area contributed by atoms with Crippen molar-refractivity contribution in [2.45, 2.75) is 13.8 Å². The minimum absolute atomic E-state index is 0.149. The highest BCUT2D eigenvalue weighted by atomic mass is 16.1. The van der Waals surface area contributed by atoms with Crippen LogP contribution in [0.2, 0.25) is 0 Å². The summed E-state index contributed by atoms with van der Waals surface area (Å²) in [6.45, 7) is 4.03. The van der Waals surface area contributed by atoms with E-state index in [1.54, 1.807) is 0 Å². The number of nitrogens with zero attached hydrogens (tertiary/aromatic N) is 2. The summed E-state index contributed by atoms with van der Waals surface area (Å²) in [5, 5.41) is 3.05. The summed E-state index contributed by atoms with van der Waals surface area (Å²) in [4.78, 5) is 17.5. The second kappa shape index (κ2) is 6.48. The number of benzene rings is 2. The molecule has 4 heteroatoms. The van der Waals surface area contributed by atoms with Crippen molar-refractivity contribution in [3.8, 4) is 11.3 Å². The molecule has 0 saturated heterocycles. The third-order valence-corrected chi connectivity index (χ3v) is 4.37. The van der Waals surface area contributed by atoms with Crippen molar-refractivity contribution in [1.29, 1.82) is 0 Å². The van der Waals surface area contributed by atoms with E-state index in [1.807, 2.05) is 91.2 Å². The third-order valence-electron chi connectivity index (χ3n) is 4.37. The van der Waals surface area contributed by atoms with Crippen molar-refractivity contribution in [3.63, 3.8) is 0 Å². The van der Waals surface area contributed by atoms with Gasteiger partial charge in [0.25, 0.3) is 5.91 Å². The predicted molar refractivity (Wildman–Crippen MR) is 104 cm³/mol. The fourth-order valence-electron chi connectivity index (χ4n) is 2.95. The molecule has 2 aromatic carbocycles. The van der Waals surface area contributed by atoms with Crippen LogP contribution in [0.1, 0.15) is 21.5 Å². The van der Waals surface area contributed by atoms with E-state index >= 15 is 0 Å². The fraction of sp³-hybridized carbons (Fsp3) is 0.0909. The molecule has 26 heavy (non-hydrogen) atoms. The maximum Gasteiger partial charge on any atom is 0.256 e. The van der Waals surface area contributed by atoms with Crippen LogP contribution in [0.3, 0.4) is 0 Å². The zero-order chi connectivity index (χ0) is 18.1. The Bertz CT molecular complexity index is 1080. The molecule has 0 aliphatic rings. The molecule has 0 saturated carbocycles. The van der Waals surface area contributed by atoms with Crippen molar-refractivity contribution >= 4 is 17.4 Å². The molecule has 0 aliphatic carbocycles. The second-order valence-electron chi connectivity index (χ2n) is 6.43. The highest BCUT2D eigenvalue weighted by Gasteiger charge is 2.17. The lowest BCUT2D eigenvalue weighted by atomic mass is 10.1. The lowest BCUT2D eigenvalue weighted by Crippen LogP contribution is -2.14. The van der Waals surface area contributed by atoms with Crippen molar-refractivity contribution < 1.29 is 4.79 Å². The first kappa shape index (κ1) is 16.1. The number of imidazole rings is 1. The molecule has 0 unspecified atom stereocenters. The zero-order valence-corrected chi connectivity index (χ0v) is 14.7. The summed E-state index contributed by atoms with van der Waals surface area (Å²) >= 11 is 0. The van der Waals surface area contributed by atoms with Crippen LogP contribution >= 0.6 is 0 Å². The molecule has 2 aromatic heterocycles. The Labute approximate surface area is 152 Å². The standard InChI is InChI=1S/C22H19N3O/c1-15-8-10-18(11-9-15)22(26)24-21-20(17-6-4-3-5-7-17)23-19-14-16(2)12-13-25(19)21/h3-14H,1-2H3,(H,24,26). The average molecular weight is 341 g/mol. The van der Waals surface area contributed by atoms with E-state index in [0.717, 1.165) is 28.0 Å². The number of fused-ring (bicyclic) bond motifs is 1. The minimum atomic E-state index is -0.149. The van der Waals surface area contributed by atoms with E-state index < -0.39 is 0 Å². The van der Waals surface area contributed by atoms with E-state index in [9.17, 15) is 4.79 Å².